The van der Waals surface area contributed by atoms with E-state index in [1.165, 1.54) is 6.20 Å². The van der Waals surface area contributed by atoms with Gasteiger partial charge in [0.1, 0.15) is 11.3 Å². The third-order valence-electron chi connectivity index (χ3n) is 4.17. The lowest BCUT2D eigenvalue weighted by Crippen LogP contribution is -2.38. The zero-order chi connectivity index (χ0) is 17.6. The summed E-state index contributed by atoms with van der Waals surface area (Å²) >= 11 is 5.85. The van der Waals surface area contributed by atoms with E-state index in [2.05, 4.69) is 15.5 Å². The molecule has 1 saturated heterocycles. The molecule has 1 aliphatic heterocycles. The molecular formula is C17H21ClN4O3. The highest BCUT2D eigenvalue weighted by atomic mass is 35.5. The molecule has 0 saturated carbocycles. The van der Waals surface area contributed by atoms with E-state index in [0.717, 1.165) is 18.6 Å². The lowest BCUT2D eigenvalue weighted by Gasteiger charge is -2.29. The minimum absolute atomic E-state index is 0.00357. The van der Waals surface area contributed by atoms with Gasteiger partial charge in [-0.15, -0.1) is 0 Å². The van der Waals surface area contributed by atoms with Crippen molar-refractivity contribution in [1.82, 2.24) is 15.5 Å². The first-order valence-electron chi connectivity index (χ1n) is 8.19. The van der Waals surface area contributed by atoms with Crippen LogP contribution in [0.25, 0.3) is 0 Å². The molecular weight excluding hydrogens is 344 g/mol. The summed E-state index contributed by atoms with van der Waals surface area (Å²) in [4.78, 5) is 12.0. The van der Waals surface area contributed by atoms with E-state index in [1.54, 1.807) is 12.1 Å². The molecule has 0 spiro atoms. The Kier molecular flexibility index (Phi) is 5.78. The van der Waals surface area contributed by atoms with Crippen LogP contribution in [-0.4, -0.2) is 42.0 Å². The molecule has 1 aromatic heterocycles. The molecule has 134 valence electrons. The second kappa shape index (κ2) is 8.22. The van der Waals surface area contributed by atoms with Crippen LogP contribution in [0.5, 0.6) is 5.75 Å². The second-order valence-corrected chi connectivity index (χ2v) is 6.49. The highest BCUT2D eigenvalue weighted by Crippen LogP contribution is 2.21. The number of carbonyl (C=O) groups excluding carboxylic acids is 1. The number of anilines is 1. The summed E-state index contributed by atoms with van der Waals surface area (Å²) in [6, 6.07) is 7.32. The predicted molar refractivity (Wildman–Crippen MR) is 94.7 cm³/mol. The Labute approximate surface area is 150 Å². The third kappa shape index (κ3) is 4.87. The Morgan fingerprint density at radius 3 is 2.84 bits per heavy atom. The maximum Gasteiger partial charge on any atom is 0.256 e. The molecule has 1 amide bonds. The Morgan fingerprint density at radius 2 is 2.20 bits per heavy atom. The predicted octanol–water partition coefficient (Wildman–Crippen LogP) is 2.25. The fourth-order valence-electron chi connectivity index (χ4n) is 2.68. The van der Waals surface area contributed by atoms with Crippen molar-refractivity contribution in [2.45, 2.75) is 18.9 Å². The molecule has 0 aliphatic carbocycles. The fourth-order valence-corrected chi connectivity index (χ4v) is 2.81. The van der Waals surface area contributed by atoms with Crippen molar-refractivity contribution in [1.29, 1.82) is 0 Å². The third-order valence-corrected chi connectivity index (χ3v) is 4.42. The number of amides is 1. The molecule has 0 radical (unpaired) electrons. The first-order valence-corrected chi connectivity index (χ1v) is 8.57. The molecule has 1 fully saturated rings. The van der Waals surface area contributed by atoms with Gasteiger partial charge in [-0.05, 0) is 37.1 Å². The molecule has 0 bridgehead atoms. The number of nitrogen functional groups attached to an aromatic ring is 1. The number of nitrogens with zero attached hydrogens (tertiary/aromatic N) is 1. The van der Waals surface area contributed by atoms with Crippen LogP contribution in [0.15, 0.2) is 30.5 Å². The number of nitrogens with two attached hydrogens (primary N) is 1. The minimum atomic E-state index is -0.247. The van der Waals surface area contributed by atoms with E-state index in [-0.39, 0.29) is 17.8 Å². The van der Waals surface area contributed by atoms with Crippen molar-refractivity contribution in [2.75, 3.05) is 25.5 Å². The smallest absolute Gasteiger partial charge is 0.256 e. The number of aromatic amines is 1. The van der Waals surface area contributed by atoms with E-state index < -0.39 is 0 Å². The van der Waals surface area contributed by atoms with Crippen molar-refractivity contribution in [3.05, 3.63) is 41.0 Å². The average molecular weight is 365 g/mol. The monoisotopic (exact) mass is 364 g/mol. The number of hydrogen-bond donors (Lipinski definition) is 3. The number of hydrogen-bond acceptors (Lipinski definition) is 5. The van der Waals surface area contributed by atoms with Crippen molar-refractivity contribution < 1.29 is 14.3 Å². The summed E-state index contributed by atoms with van der Waals surface area (Å²) in [5, 5.41) is 9.81. The topological polar surface area (TPSA) is 102 Å². The fraction of sp³-hybridized carbons (Fsp3) is 0.412. The van der Waals surface area contributed by atoms with Crippen LogP contribution < -0.4 is 15.8 Å². The molecule has 3 rings (SSSR count). The molecule has 1 aromatic carbocycles. The highest BCUT2D eigenvalue weighted by Gasteiger charge is 2.23. The SMILES string of the molecule is Nc1n[nH]cc1C(=O)NCC1CCC(COc2ccc(Cl)cc2)CO1. The van der Waals surface area contributed by atoms with Crippen LogP contribution >= 0.6 is 11.6 Å². The van der Waals surface area contributed by atoms with Gasteiger partial charge in [-0.25, -0.2) is 0 Å². The lowest BCUT2D eigenvalue weighted by atomic mass is 9.99. The molecule has 1 aliphatic rings. The summed E-state index contributed by atoms with van der Waals surface area (Å²) in [6.07, 6.45) is 3.35. The van der Waals surface area contributed by atoms with Crippen LogP contribution in [0.4, 0.5) is 5.82 Å². The molecule has 7 nitrogen and oxygen atoms in total. The number of aromatic nitrogens is 2. The minimum Gasteiger partial charge on any atom is -0.493 e. The van der Waals surface area contributed by atoms with Crippen LogP contribution in [0.2, 0.25) is 5.02 Å². The average Bonchev–Trinajstić information content (AvgIpc) is 3.06. The summed E-state index contributed by atoms with van der Waals surface area (Å²) < 4.78 is 11.6. The zero-order valence-electron chi connectivity index (χ0n) is 13.7. The number of halogens is 1. The van der Waals surface area contributed by atoms with Gasteiger partial charge in [-0.3, -0.25) is 9.89 Å². The van der Waals surface area contributed by atoms with Gasteiger partial charge in [-0.1, -0.05) is 11.6 Å². The number of H-pyrrole nitrogens is 1. The Hall–Kier alpha value is -2.25. The molecule has 2 unspecified atom stereocenters. The van der Waals surface area contributed by atoms with Gasteiger partial charge < -0.3 is 20.5 Å². The largest absolute Gasteiger partial charge is 0.493 e. The quantitative estimate of drug-likeness (QED) is 0.729. The number of ether oxygens (including phenoxy) is 2. The van der Waals surface area contributed by atoms with Crippen molar-refractivity contribution in [3.8, 4) is 5.75 Å². The van der Waals surface area contributed by atoms with E-state index >= 15 is 0 Å². The van der Waals surface area contributed by atoms with Gasteiger partial charge in [0.15, 0.2) is 5.82 Å². The van der Waals surface area contributed by atoms with Gasteiger partial charge >= 0.3 is 0 Å². The Balaban J connectivity index is 1.36. The van der Waals surface area contributed by atoms with Crippen LogP contribution in [0.3, 0.4) is 0 Å². The molecule has 25 heavy (non-hydrogen) atoms. The van der Waals surface area contributed by atoms with Gasteiger partial charge in [-0.2, -0.15) is 5.10 Å². The molecule has 8 heteroatoms. The molecule has 2 atom stereocenters. The molecule has 4 N–H and O–H groups in total. The van der Waals surface area contributed by atoms with Crippen LogP contribution in [0.1, 0.15) is 23.2 Å². The number of benzene rings is 1. The van der Waals surface area contributed by atoms with E-state index in [9.17, 15) is 4.79 Å². The van der Waals surface area contributed by atoms with Crippen molar-refractivity contribution in [2.24, 2.45) is 5.92 Å². The van der Waals surface area contributed by atoms with Gasteiger partial charge in [0, 0.05) is 23.7 Å². The van der Waals surface area contributed by atoms with Crippen molar-refractivity contribution in [3.63, 3.8) is 0 Å². The normalized spacial score (nSPS) is 20.2. The lowest BCUT2D eigenvalue weighted by molar-refractivity contribution is -0.0251. The second-order valence-electron chi connectivity index (χ2n) is 6.06. The van der Waals surface area contributed by atoms with Gasteiger partial charge in [0.25, 0.3) is 5.91 Å². The number of carbonyl (C=O) groups is 1. The van der Waals surface area contributed by atoms with E-state index in [4.69, 9.17) is 26.8 Å². The summed E-state index contributed by atoms with van der Waals surface area (Å²) in [6.45, 7) is 1.67. The van der Waals surface area contributed by atoms with Crippen LogP contribution in [0, 0.1) is 5.92 Å². The molecule has 2 heterocycles. The summed E-state index contributed by atoms with van der Waals surface area (Å²) in [7, 11) is 0. The maximum atomic E-state index is 12.0. The standard InChI is InChI=1S/C17H21ClN4O3/c18-12-2-5-13(6-3-12)24-9-11-1-4-14(25-10-11)7-20-17(23)15-8-21-22-16(15)19/h2-3,5-6,8,11,14H,1,4,7,9-10H2,(H,20,23)(H3,19,21,22). The number of rotatable bonds is 6. The first-order chi connectivity index (χ1) is 12.1. The van der Waals surface area contributed by atoms with Gasteiger partial charge in [0.2, 0.25) is 0 Å². The van der Waals surface area contributed by atoms with Gasteiger partial charge in [0.05, 0.1) is 19.3 Å². The first kappa shape index (κ1) is 17.6. The Morgan fingerprint density at radius 1 is 1.40 bits per heavy atom. The van der Waals surface area contributed by atoms with E-state index in [1.807, 2.05) is 12.1 Å². The summed E-state index contributed by atoms with van der Waals surface area (Å²) in [5.74, 6) is 1.09. The highest BCUT2D eigenvalue weighted by molar-refractivity contribution is 6.30. The van der Waals surface area contributed by atoms with Crippen LogP contribution in [-0.2, 0) is 4.74 Å². The molecule has 2 aromatic rings. The van der Waals surface area contributed by atoms with E-state index in [0.29, 0.717) is 36.3 Å². The van der Waals surface area contributed by atoms with Crippen molar-refractivity contribution >= 4 is 23.3 Å². The zero-order valence-corrected chi connectivity index (χ0v) is 14.5. The number of nitrogens with one attached hydrogen (secondary N) is 2. The maximum absolute atomic E-state index is 12.0. The Bertz CT molecular complexity index is 696. The summed E-state index contributed by atoms with van der Waals surface area (Å²) in [5.41, 5.74) is 5.95.